The lowest BCUT2D eigenvalue weighted by Crippen LogP contribution is -2.49. The van der Waals surface area contributed by atoms with Gasteiger partial charge in [0.25, 0.3) is 0 Å². The van der Waals surface area contributed by atoms with Crippen molar-refractivity contribution >= 4 is 0 Å². The normalized spacial score (nSPS) is 20.9. The highest BCUT2D eigenvalue weighted by Gasteiger charge is 2.39. The largest absolute Gasteiger partial charge is 0.394 e. The Morgan fingerprint density at radius 3 is 2.00 bits per heavy atom. The SMILES string of the molecule is CCC(C)(CC(C)(CC)N(C)C)C(O)COCC(O)CO. The predicted octanol–water partition coefficient (Wildman–Crippen LogP) is 1.25. The van der Waals surface area contributed by atoms with Crippen molar-refractivity contribution in [3.05, 3.63) is 0 Å². The third-order valence-corrected chi connectivity index (χ3v) is 5.03. The van der Waals surface area contributed by atoms with Gasteiger partial charge in [0.15, 0.2) is 0 Å². The molecule has 0 radical (unpaired) electrons. The lowest BCUT2D eigenvalue weighted by Gasteiger charge is -2.45. The fourth-order valence-electron chi connectivity index (χ4n) is 2.52. The van der Waals surface area contributed by atoms with Crippen molar-refractivity contribution in [2.24, 2.45) is 5.41 Å². The Morgan fingerprint density at radius 1 is 1.05 bits per heavy atom. The number of ether oxygens (including phenoxy) is 1. The summed E-state index contributed by atoms with van der Waals surface area (Å²) >= 11 is 0. The molecule has 0 aromatic rings. The van der Waals surface area contributed by atoms with Gasteiger partial charge in [0.1, 0.15) is 6.10 Å². The van der Waals surface area contributed by atoms with E-state index in [0.717, 1.165) is 19.3 Å². The summed E-state index contributed by atoms with van der Waals surface area (Å²) in [6.07, 6.45) is 1.25. The van der Waals surface area contributed by atoms with E-state index in [-0.39, 0.29) is 30.8 Å². The second kappa shape index (κ2) is 9.06. The first-order valence-electron chi connectivity index (χ1n) is 7.87. The number of nitrogens with zero attached hydrogens (tertiary/aromatic N) is 1. The quantitative estimate of drug-likeness (QED) is 0.536. The van der Waals surface area contributed by atoms with Crippen molar-refractivity contribution < 1.29 is 20.1 Å². The van der Waals surface area contributed by atoms with E-state index in [0.29, 0.717) is 0 Å². The van der Waals surface area contributed by atoms with Crippen LogP contribution in [0.4, 0.5) is 0 Å². The molecule has 0 aromatic carbocycles. The molecule has 0 bridgehead atoms. The zero-order chi connectivity index (χ0) is 16.7. The van der Waals surface area contributed by atoms with Crippen LogP contribution < -0.4 is 0 Å². The third-order valence-electron chi connectivity index (χ3n) is 5.03. The average molecular weight is 305 g/mol. The second-order valence-electron chi connectivity index (χ2n) is 6.82. The van der Waals surface area contributed by atoms with E-state index < -0.39 is 12.2 Å². The number of aliphatic hydroxyl groups excluding tert-OH is 3. The minimum atomic E-state index is -0.882. The van der Waals surface area contributed by atoms with E-state index in [4.69, 9.17) is 9.84 Å². The first-order valence-corrected chi connectivity index (χ1v) is 7.87. The summed E-state index contributed by atoms with van der Waals surface area (Å²) in [5.74, 6) is 0. The molecule has 128 valence electrons. The Bertz CT molecular complexity index is 287. The first kappa shape index (κ1) is 20.8. The van der Waals surface area contributed by atoms with Crippen LogP contribution in [0, 0.1) is 5.41 Å². The van der Waals surface area contributed by atoms with Crippen LogP contribution in [0.25, 0.3) is 0 Å². The van der Waals surface area contributed by atoms with E-state index in [2.05, 4.69) is 46.7 Å². The molecule has 0 rings (SSSR count). The van der Waals surface area contributed by atoms with Gasteiger partial charge >= 0.3 is 0 Å². The zero-order valence-electron chi connectivity index (χ0n) is 14.6. The van der Waals surface area contributed by atoms with Crippen LogP contribution in [0.5, 0.6) is 0 Å². The minimum Gasteiger partial charge on any atom is -0.394 e. The van der Waals surface area contributed by atoms with Crippen molar-refractivity contribution in [3.8, 4) is 0 Å². The minimum absolute atomic E-state index is 0.0242. The van der Waals surface area contributed by atoms with E-state index in [1.807, 2.05) is 0 Å². The summed E-state index contributed by atoms with van der Waals surface area (Å²) in [5.41, 5.74) is -0.227. The maximum absolute atomic E-state index is 10.5. The van der Waals surface area contributed by atoms with Crippen LogP contribution in [0.15, 0.2) is 0 Å². The molecule has 5 nitrogen and oxygen atoms in total. The van der Waals surface area contributed by atoms with Gasteiger partial charge in [0.05, 0.1) is 25.9 Å². The lowest BCUT2D eigenvalue weighted by atomic mass is 9.71. The third kappa shape index (κ3) is 6.20. The van der Waals surface area contributed by atoms with Gasteiger partial charge < -0.3 is 25.0 Å². The van der Waals surface area contributed by atoms with Gasteiger partial charge in [-0.05, 0) is 45.7 Å². The summed E-state index contributed by atoms with van der Waals surface area (Å²) in [4.78, 5) is 2.21. The Hall–Kier alpha value is -0.200. The van der Waals surface area contributed by atoms with Gasteiger partial charge in [-0.15, -0.1) is 0 Å². The van der Waals surface area contributed by atoms with Crippen LogP contribution in [-0.2, 0) is 4.74 Å². The van der Waals surface area contributed by atoms with Crippen molar-refractivity contribution in [1.29, 1.82) is 0 Å². The molecule has 4 unspecified atom stereocenters. The molecular formula is C16H35NO4. The first-order chi connectivity index (χ1) is 9.65. The van der Waals surface area contributed by atoms with Crippen LogP contribution in [0.2, 0.25) is 0 Å². The maximum Gasteiger partial charge on any atom is 0.100 e. The van der Waals surface area contributed by atoms with Crippen molar-refractivity contribution in [3.63, 3.8) is 0 Å². The summed E-state index contributed by atoms with van der Waals surface area (Å²) in [6, 6.07) is 0. The van der Waals surface area contributed by atoms with E-state index in [9.17, 15) is 10.2 Å². The molecule has 0 spiro atoms. The zero-order valence-corrected chi connectivity index (χ0v) is 14.6. The Kier molecular flexibility index (Phi) is 8.97. The molecule has 3 N–H and O–H groups in total. The smallest absolute Gasteiger partial charge is 0.100 e. The molecule has 0 fully saturated rings. The molecule has 0 aromatic heterocycles. The van der Waals surface area contributed by atoms with E-state index in [1.165, 1.54) is 0 Å². The summed E-state index contributed by atoms with van der Waals surface area (Å²) < 4.78 is 5.33. The summed E-state index contributed by atoms with van der Waals surface area (Å²) in [6.45, 7) is 8.44. The topological polar surface area (TPSA) is 73.2 Å². The average Bonchev–Trinajstić information content (AvgIpc) is 2.46. The Balaban J connectivity index is 4.69. The van der Waals surface area contributed by atoms with E-state index >= 15 is 0 Å². The monoisotopic (exact) mass is 305 g/mol. The number of rotatable bonds is 11. The fraction of sp³-hybridized carbons (Fsp3) is 1.00. The number of hydrogen-bond acceptors (Lipinski definition) is 5. The van der Waals surface area contributed by atoms with Crippen molar-refractivity contribution in [2.45, 2.75) is 64.7 Å². The Labute approximate surface area is 129 Å². The van der Waals surface area contributed by atoms with Crippen LogP contribution in [-0.4, -0.2) is 71.9 Å². The molecule has 0 aliphatic carbocycles. The molecule has 0 aliphatic heterocycles. The molecule has 0 amide bonds. The molecule has 0 saturated carbocycles. The van der Waals surface area contributed by atoms with E-state index in [1.54, 1.807) is 0 Å². The molecule has 0 heterocycles. The highest BCUT2D eigenvalue weighted by molar-refractivity contribution is 4.93. The second-order valence-corrected chi connectivity index (χ2v) is 6.82. The molecule has 0 saturated heterocycles. The number of aliphatic hydroxyl groups is 3. The van der Waals surface area contributed by atoms with Crippen LogP contribution in [0.1, 0.15) is 47.0 Å². The number of hydrogen-bond donors (Lipinski definition) is 3. The molecule has 5 heteroatoms. The van der Waals surface area contributed by atoms with Gasteiger partial charge in [-0.25, -0.2) is 0 Å². The summed E-state index contributed by atoms with van der Waals surface area (Å²) in [5, 5.41) is 28.5. The standard InChI is InChI=1S/C16H35NO4/c1-7-15(3,12-16(4,8-2)17(5)6)14(20)11-21-10-13(19)9-18/h13-14,18-20H,7-12H2,1-6H3. The van der Waals surface area contributed by atoms with Gasteiger partial charge in [0.2, 0.25) is 0 Å². The lowest BCUT2D eigenvalue weighted by molar-refractivity contribution is -0.0775. The van der Waals surface area contributed by atoms with Gasteiger partial charge in [-0.3, -0.25) is 0 Å². The van der Waals surface area contributed by atoms with Gasteiger partial charge in [-0.2, -0.15) is 0 Å². The maximum atomic E-state index is 10.5. The van der Waals surface area contributed by atoms with Crippen molar-refractivity contribution in [1.82, 2.24) is 4.90 Å². The van der Waals surface area contributed by atoms with Crippen LogP contribution in [0.3, 0.4) is 0 Å². The summed E-state index contributed by atoms with van der Waals surface area (Å²) in [7, 11) is 4.14. The van der Waals surface area contributed by atoms with Crippen molar-refractivity contribution in [2.75, 3.05) is 33.9 Å². The van der Waals surface area contributed by atoms with Gasteiger partial charge in [0, 0.05) is 5.54 Å². The highest BCUT2D eigenvalue weighted by Crippen LogP contribution is 2.38. The predicted molar refractivity (Wildman–Crippen MR) is 85.3 cm³/mol. The molecular weight excluding hydrogens is 270 g/mol. The molecule has 21 heavy (non-hydrogen) atoms. The highest BCUT2D eigenvalue weighted by atomic mass is 16.5. The molecule has 0 aliphatic rings. The van der Waals surface area contributed by atoms with Gasteiger partial charge in [-0.1, -0.05) is 20.8 Å². The fourth-order valence-corrected chi connectivity index (χ4v) is 2.52. The van der Waals surface area contributed by atoms with Crippen LogP contribution >= 0.6 is 0 Å². The Morgan fingerprint density at radius 2 is 1.62 bits per heavy atom. The molecule has 4 atom stereocenters.